The summed E-state index contributed by atoms with van der Waals surface area (Å²) in [5.74, 6) is 2.81. The Morgan fingerprint density at radius 1 is 1.05 bits per heavy atom. The zero-order valence-electron chi connectivity index (χ0n) is 14.2. The van der Waals surface area contributed by atoms with E-state index in [1.54, 1.807) is 0 Å². The summed E-state index contributed by atoms with van der Waals surface area (Å²) in [5.41, 5.74) is 2.62. The molecule has 0 heterocycles. The van der Waals surface area contributed by atoms with Crippen LogP contribution in [-0.4, -0.2) is 22.8 Å². The molecule has 0 bridgehead atoms. The van der Waals surface area contributed by atoms with Crippen molar-refractivity contribution < 1.29 is 4.21 Å². The van der Waals surface area contributed by atoms with Crippen LogP contribution in [0, 0.1) is 11.8 Å². The van der Waals surface area contributed by atoms with Gasteiger partial charge in [-0.05, 0) is 42.9 Å². The highest BCUT2D eigenvalue weighted by atomic mass is 32.2. The lowest BCUT2D eigenvalue weighted by Gasteiger charge is -2.17. The fourth-order valence-electron chi connectivity index (χ4n) is 2.34. The molecule has 0 spiro atoms. The summed E-state index contributed by atoms with van der Waals surface area (Å²) in [6.45, 7) is 8.84. The van der Waals surface area contributed by atoms with Gasteiger partial charge in [0.05, 0.1) is 0 Å². The van der Waals surface area contributed by atoms with E-state index in [4.69, 9.17) is 0 Å². The number of rotatable bonds is 9. The monoisotopic (exact) mass is 309 g/mol. The van der Waals surface area contributed by atoms with E-state index in [0.717, 1.165) is 18.6 Å². The molecule has 0 saturated carbocycles. The van der Waals surface area contributed by atoms with Gasteiger partial charge in [0.15, 0.2) is 0 Å². The summed E-state index contributed by atoms with van der Waals surface area (Å²) in [5, 5.41) is 3.30. The van der Waals surface area contributed by atoms with E-state index in [0.29, 0.717) is 17.6 Å². The van der Waals surface area contributed by atoms with Crippen molar-refractivity contribution in [3.05, 3.63) is 35.4 Å². The van der Waals surface area contributed by atoms with Gasteiger partial charge < -0.3 is 5.32 Å². The van der Waals surface area contributed by atoms with Gasteiger partial charge in [-0.25, -0.2) is 0 Å². The minimum atomic E-state index is -0.748. The van der Waals surface area contributed by atoms with Crippen molar-refractivity contribution in [1.29, 1.82) is 0 Å². The number of hydrogen-bond donors (Lipinski definition) is 1. The quantitative estimate of drug-likeness (QED) is 0.748. The fraction of sp³-hybridized carbons (Fsp3) is 0.667. The molecule has 3 heteroatoms. The molecule has 1 N–H and O–H groups in total. The Labute approximate surface area is 133 Å². The van der Waals surface area contributed by atoms with Crippen molar-refractivity contribution in [2.75, 3.05) is 18.6 Å². The van der Waals surface area contributed by atoms with Gasteiger partial charge in [0.2, 0.25) is 0 Å². The molecule has 0 aliphatic rings. The number of benzene rings is 1. The third-order valence-corrected chi connectivity index (χ3v) is 5.05. The second kappa shape index (κ2) is 9.37. The van der Waals surface area contributed by atoms with Crippen LogP contribution in [0.1, 0.15) is 51.3 Å². The Hall–Kier alpha value is -0.670. The lowest BCUT2D eigenvalue weighted by atomic mass is 10.00. The second-order valence-electron chi connectivity index (χ2n) is 6.67. The third-order valence-electron chi connectivity index (χ3n) is 3.65. The molecule has 120 valence electrons. The molecule has 2 atom stereocenters. The fourth-order valence-corrected chi connectivity index (χ4v) is 3.97. The molecule has 0 aliphatic heterocycles. The standard InChI is InChI=1S/C18H31NOS/c1-14(2)10-11-21(20)13-18(19-5)17-8-6-16(7-9-17)12-15(3)4/h6-9,14-15,18-19H,10-13H2,1-5H3. The molecule has 0 saturated heterocycles. The molecule has 0 amide bonds. The minimum absolute atomic E-state index is 0.186. The predicted octanol–water partition coefficient (Wildman–Crippen LogP) is 3.94. The van der Waals surface area contributed by atoms with E-state index in [1.807, 2.05) is 7.05 Å². The van der Waals surface area contributed by atoms with Gasteiger partial charge in [-0.3, -0.25) is 4.21 Å². The van der Waals surface area contributed by atoms with Gasteiger partial charge in [0.25, 0.3) is 0 Å². The van der Waals surface area contributed by atoms with Crippen LogP contribution in [0.5, 0.6) is 0 Å². The Bertz CT molecular complexity index is 425. The third kappa shape index (κ3) is 7.23. The summed E-state index contributed by atoms with van der Waals surface area (Å²) >= 11 is 0. The molecule has 1 aromatic rings. The molecule has 0 radical (unpaired) electrons. The summed E-state index contributed by atoms with van der Waals surface area (Å²) < 4.78 is 12.2. The van der Waals surface area contributed by atoms with E-state index in [2.05, 4.69) is 57.3 Å². The van der Waals surface area contributed by atoms with Crippen LogP contribution in [0.15, 0.2) is 24.3 Å². The summed E-state index contributed by atoms with van der Waals surface area (Å²) in [6.07, 6.45) is 2.15. The Kier molecular flexibility index (Phi) is 8.20. The molecule has 0 aliphatic carbocycles. The van der Waals surface area contributed by atoms with Crippen LogP contribution < -0.4 is 5.32 Å². The Morgan fingerprint density at radius 3 is 2.14 bits per heavy atom. The average molecular weight is 310 g/mol. The molecular weight excluding hydrogens is 278 g/mol. The van der Waals surface area contributed by atoms with E-state index in [9.17, 15) is 4.21 Å². The van der Waals surface area contributed by atoms with Crippen molar-refractivity contribution in [3.8, 4) is 0 Å². The molecule has 0 aromatic heterocycles. The van der Waals surface area contributed by atoms with Gasteiger partial charge in [0.1, 0.15) is 0 Å². The SMILES string of the molecule is CNC(CS(=O)CCC(C)C)c1ccc(CC(C)C)cc1. The lowest BCUT2D eigenvalue weighted by Crippen LogP contribution is -2.24. The molecule has 2 unspecified atom stereocenters. The van der Waals surface area contributed by atoms with E-state index in [1.165, 1.54) is 11.1 Å². The average Bonchev–Trinajstić information content (AvgIpc) is 2.43. The van der Waals surface area contributed by atoms with Crippen LogP contribution in [0.2, 0.25) is 0 Å². The Balaban J connectivity index is 2.61. The van der Waals surface area contributed by atoms with Crippen LogP contribution in [0.25, 0.3) is 0 Å². The number of hydrogen-bond acceptors (Lipinski definition) is 2. The van der Waals surface area contributed by atoms with Gasteiger partial charge in [-0.15, -0.1) is 0 Å². The topological polar surface area (TPSA) is 29.1 Å². The van der Waals surface area contributed by atoms with Crippen molar-refractivity contribution in [3.63, 3.8) is 0 Å². The largest absolute Gasteiger partial charge is 0.312 e. The zero-order valence-corrected chi connectivity index (χ0v) is 15.0. The lowest BCUT2D eigenvalue weighted by molar-refractivity contribution is 0.608. The first-order valence-corrected chi connectivity index (χ1v) is 9.52. The van der Waals surface area contributed by atoms with Crippen molar-refractivity contribution >= 4 is 10.8 Å². The first kappa shape index (κ1) is 18.4. The normalized spacial score (nSPS) is 14.6. The first-order chi connectivity index (χ1) is 9.92. The highest BCUT2D eigenvalue weighted by Gasteiger charge is 2.13. The van der Waals surface area contributed by atoms with E-state index < -0.39 is 10.8 Å². The molecule has 1 aromatic carbocycles. The van der Waals surface area contributed by atoms with Gasteiger partial charge in [-0.2, -0.15) is 0 Å². The molecule has 1 rings (SSSR count). The van der Waals surface area contributed by atoms with Crippen LogP contribution in [0.3, 0.4) is 0 Å². The summed E-state index contributed by atoms with van der Waals surface area (Å²) in [6, 6.07) is 8.95. The molecular formula is C18H31NOS. The summed E-state index contributed by atoms with van der Waals surface area (Å²) in [4.78, 5) is 0. The van der Waals surface area contributed by atoms with Crippen molar-refractivity contribution in [2.24, 2.45) is 11.8 Å². The van der Waals surface area contributed by atoms with Crippen LogP contribution in [-0.2, 0) is 17.2 Å². The molecule has 0 fully saturated rings. The maximum absolute atomic E-state index is 12.2. The second-order valence-corrected chi connectivity index (χ2v) is 8.30. The molecule has 2 nitrogen and oxygen atoms in total. The van der Waals surface area contributed by atoms with Crippen LogP contribution >= 0.6 is 0 Å². The maximum atomic E-state index is 12.2. The van der Waals surface area contributed by atoms with Gasteiger partial charge in [-0.1, -0.05) is 52.0 Å². The van der Waals surface area contributed by atoms with Gasteiger partial charge >= 0.3 is 0 Å². The minimum Gasteiger partial charge on any atom is -0.312 e. The van der Waals surface area contributed by atoms with E-state index >= 15 is 0 Å². The van der Waals surface area contributed by atoms with Crippen molar-refractivity contribution in [1.82, 2.24) is 5.32 Å². The van der Waals surface area contributed by atoms with Crippen LogP contribution in [0.4, 0.5) is 0 Å². The highest BCUT2D eigenvalue weighted by Crippen LogP contribution is 2.17. The zero-order chi connectivity index (χ0) is 15.8. The first-order valence-electron chi connectivity index (χ1n) is 8.03. The van der Waals surface area contributed by atoms with E-state index in [-0.39, 0.29) is 6.04 Å². The maximum Gasteiger partial charge on any atom is 0.0434 e. The Morgan fingerprint density at radius 2 is 1.67 bits per heavy atom. The predicted molar refractivity (Wildman–Crippen MR) is 94.1 cm³/mol. The smallest absolute Gasteiger partial charge is 0.0434 e. The van der Waals surface area contributed by atoms with Gasteiger partial charge in [0, 0.05) is 28.3 Å². The highest BCUT2D eigenvalue weighted by molar-refractivity contribution is 7.85. The number of nitrogens with one attached hydrogen (secondary N) is 1. The molecule has 21 heavy (non-hydrogen) atoms. The van der Waals surface area contributed by atoms with Crippen molar-refractivity contribution in [2.45, 2.75) is 46.6 Å². The summed E-state index contributed by atoms with van der Waals surface area (Å²) in [7, 11) is 1.20.